The van der Waals surface area contributed by atoms with Crippen molar-refractivity contribution in [3.63, 3.8) is 0 Å². The van der Waals surface area contributed by atoms with Crippen LogP contribution in [0.15, 0.2) is 22.9 Å². The summed E-state index contributed by atoms with van der Waals surface area (Å²) in [5, 5.41) is 12.2. The minimum atomic E-state index is 0.544. The molecule has 0 unspecified atom stereocenters. The highest BCUT2D eigenvalue weighted by Gasteiger charge is 2.23. The molecular weight excluding hydrogens is 290 g/mol. The first kappa shape index (κ1) is 15.9. The van der Waals surface area contributed by atoms with E-state index in [9.17, 15) is 0 Å². The van der Waals surface area contributed by atoms with E-state index in [2.05, 4.69) is 32.2 Å². The van der Waals surface area contributed by atoms with Gasteiger partial charge < -0.3 is 14.3 Å². The molecule has 6 nitrogen and oxygen atoms in total. The van der Waals surface area contributed by atoms with Crippen LogP contribution in [0.5, 0.6) is 0 Å². The Kier molecular flexibility index (Phi) is 4.91. The van der Waals surface area contributed by atoms with E-state index in [1.807, 2.05) is 26.0 Å². The molecule has 1 aliphatic heterocycles. The van der Waals surface area contributed by atoms with Gasteiger partial charge in [0.1, 0.15) is 5.76 Å². The largest absolute Gasteiger partial charge is 0.361 e. The molecule has 0 atom stereocenters. The summed E-state index contributed by atoms with van der Waals surface area (Å²) in [5.41, 5.74) is 2.29. The van der Waals surface area contributed by atoms with E-state index in [0.29, 0.717) is 6.04 Å². The quantitative estimate of drug-likeness (QED) is 0.843. The van der Waals surface area contributed by atoms with Crippen molar-refractivity contribution in [2.75, 3.05) is 31.6 Å². The summed E-state index contributed by atoms with van der Waals surface area (Å²) >= 11 is 0. The molecule has 3 heterocycles. The number of piperidine rings is 1. The summed E-state index contributed by atoms with van der Waals surface area (Å²) in [6.45, 7) is 7.34. The van der Waals surface area contributed by atoms with Gasteiger partial charge >= 0.3 is 0 Å². The van der Waals surface area contributed by atoms with Gasteiger partial charge in [0.2, 0.25) is 0 Å². The molecular formula is C17H25N5O. The predicted molar refractivity (Wildman–Crippen MR) is 89.6 cm³/mol. The number of likely N-dealkylation sites (tertiary alicyclic amines) is 1. The third-order valence-electron chi connectivity index (χ3n) is 4.88. The second-order valence-corrected chi connectivity index (χ2v) is 6.32. The van der Waals surface area contributed by atoms with Crippen LogP contribution in [0, 0.1) is 13.8 Å². The molecule has 23 heavy (non-hydrogen) atoms. The SMILES string of the molecule is Cc1noc(C)c1CCN1CCC(N(C)c2cccnn2)CC1. The van der Waals surface area contributed by atoms with Crippen molar-refractivity contribution in [3.8, 4) is 0 Å². The van der Waals surface area contributed by atoms with E-state index in [1.54, 1.807) is 6.20 Å². The van der Waals surface area contributed by atoms with Crippen molar-refractivity contribution < 1.29 is 4.52 Å². The molecule has 1 fully saturated rings. The Morgan fingerprint density at radius 1 is 1.30 bits per heavy atom. The van der Waals surface area contributed by atoms with Crippen LogP contribution in [0.25, 0.3) is 0 Å². The van der Waals surface area contributed by atoms with Crippen LogP contribution in [0.1, 0.15) is 29.9 Å². The first-order valence-electron chi connectivity index (χ1n) is 8.30. The van der Waals surface area contributed by atoms with E-state index in [0.717, 1.165) is 56.2 Å². The molecule has 2 aromatic rings. The van der Waals surface area contributed by atoms with Gasteiger partial charge in [-0.05, 0) is 45.2 Å². The smallest absolute Gasteiger partial charge is 0.151 e. The number of aryl methyl sites for hydroxylation is 2. The monoisotopic (exact) mass is 315 g/mol. The molecule has 0 radical (unpaired) electrons. The molecule has 2 aromatic heterocycles. The van der Waals surface area contributed by atoms with Crippen molar-refractivity contribution in [1.29, 1.82) is 0 Å². The molecule has 6 heteroatoms. The maximum atomic E-state index is 5.24. The molecule has 3 rings (SSSR count). The fraction of sp³-hybridized carbons (Fsp3) is 0.588. The van der Waals surface area contributed by atoms with Crippen LogP contribution in [-0.4, -0.2) is 53.0 Å². The summed E-state index contributed by atoms with van der Waals surface area (Å²) in [4.78, 5) is 4.80. The first-order valence-corrected chi connectivity index (χ1v) is 8.30. The normalized spacial score (nSPS) is 16.7. The summed E-state index contributed by atoms with van der Waals surface area (Å²) < 4.78 is 5.24. The number of anilines is 1. The Morgan fingerprint density at radius 3 is 2.70 bits per heavy atom. The van der Waals surface area contributed by atoms with Crippen molar-refractivity contribution >= 4 is 5.82 Å². The molecule has 1 aliphatic rings. The van der Waals surface area contributed by atoms with Gasteiger partial charge in [-0.25, -0.2) is 0 Å². The van der Waals surface area contributed by atoms with Crippen LogP contribution >= 0.6 is 0 Å². The molecule has 0 saturated carbocycles. The Morgan fingerprint density at radius 2 is 2.09 bits per heavy atom. The molecule has 0 aliphatic carbocycles. The lowest BCUT2D eigenvalue weighted by atomic mass is 10.0. The van der Waals surface area contributed by atoms with E-state index in [-0.39, 0.29) is 0 Å². The molecule has 0 amide bonds. The van der Waals surface area contributed by atoms with E-state index in [4.69, 9.17) is 4.52 Å². The van der Waals surface area contributed by atoms with Crippen molar-refractivity contribution in [3.05, 3.63) is 35.3 Å². The summed E-state index contributed by atoms with van der Waals surface area (Å²) in [6.07, 6.45) is 5.06. The van der Waals surface area contributed by atoms with Gasteiger partial charge in [0, 0.05) is 44.5 Å². The third kappa shape index (κ3) is 3.69. The van der Waals surface area contributed by atoms with E-state index >= 15 is 0 Å². The topological polar surface area (TPSA) is 58.3 Å². The van der Waals surface area contributed by atoms with Crippen molar-refractivity contribution in [2.24, 2.45) is 0 Å². The zero-order valence-electron chi connectivity index (χ0n) is 14.2. The van der Waals surface area contributed by atoms with Gasteiger partial charge in [-0.2, -0.15) is 5.10 Å². The highest BCUT2D eigenvalue weighted by molar-refractivity contribution is 5.36. The number of hydrogen-bond acceptors (Lipinski definition) is 6. The predicted octanol–water partition coefficient (Wildman–Crippen LogP) is 2.22. The maximum absolute atomic E-state index is 5.24. The lowest BCUT2D eigenvalue weighted by molar-refractivity contribution is 0.212. The fourth-order valence-corrected chi connectivity index (χ4v) is 3.33. The minimum Gasteiger partial charge on any atom is -0.361 e. The molecule has 0 aromatic carbocycles. The number of rotatable bonds is 5. The molecule has 1 saturated heterocycles. The number of hydrogen-bond donors (Lipinski definition) is 0. The standard InChI is InChI=1S/C17H25N5O/c1-13-16(14(2)23-20-13)8-12-22-10-6-15(7-11-22)21(3)17-5-4-9-18-19-17/h4-5,9,15H,6-8,10-12H2,1-3H3. The Labute approximate surface area is 137 Å². The van der Waals surface area contributed by atoms with E-state index < -0.39 is 0 Å². The van der Waals surface area contributed by atoms with Crippen LogP contribution in [0.4, 0.5) is 5.82 Å². The molecule has 0 N–H and O–H groups in total. The first-order chi connectivity index (χ1) is 11.1. The fourth-order valence-electron chi connectivity index (χ4n) is 3.33. The van der Waals surface area contributed by atoms with Gasteiger partial charge in [-0.15, -0.1) is 5.10 Å². The number of nitrogens with zero attached hydrogens (tertiary/aromatic N) is 5. The summed E-state index contributed by atoms with van der Waals surface area (Å²) in [7, 11) is 2.12. The zero-order chi connectivity index (χ0) is 16.2. The van der Waals surface area contributed by atoms with Crippen LogP contribution in [0.3, 0.4) is 0 Å². The minimum absolute atomic E-state index is 0.544. The van der Waals surface area contributed by atoms with Gasteiger partial charge in [-0.1, -0.05) is 5.16 Å². The maximum Gasteiger partial charge on any atom is 0.151 e. The zero-order valence-corrected chi connectivity index (χ0v) is 14.2. The number of aromatic nitrogens is 3. The molecule has 0 bridgehead atoms. The molecule has 124 valence electrons. The Balaban J connectivity index is 1.49. The van der Waals surface area contributed by atoms with Crippen molar-refractivity contribution in [1.82, 2.24) is 20.3 Å². The van der Waals surface area contributed by atoms with Gasteiger partial charge in [0.25, 0.3) is 0 Å². The highest BCUT2D eigenvalue weighted by atomic mass is 16.5. The van der Waals surface area contributed by atoms with Gasteiger partial charge in [0.15, 0.2) is 5.82 Å². The average Bonchev–Trinajstić information content (AvgIpc) is 2.92. The summed E-state index contributed by atoms with van der Waals surface area (Å²) in [5.74, 6) is 1.92. The lowest BCUT2D eigenvalue weighted by Gasteiger charge is -2.37. The highest BCUT2D eigenvalue weighted by Crippen LogP contribution is 2.20. The third-order valence-corrected chi connectivity index (χ3v) is 4.88. The second kappa shape index (κ2) is 7.08. The van der Waals surface area contributed by atoms with Crippen LogP contribution in [-0.2, 0) is 6.42 Å². The Bertz CT molecular complexity index is 600. The van der Waals surface area contributed by atoms with E-state index in [1.165, 1.54) is 5.56 Å². The summed E-state index contributed by atoms with van der Waals surface area (Å²) in [6, 6.07) is 4.51. The van der Waals surface area contributed by atoms with Crippen LogP contribution in [0.2, 0.25) is 0 Å². The Hall–Kier alpha value is -1.95. The van der Waals surface area contributed by atoms with Crippen LogP contribution < -0.4 is 4.90 Å². The average molecular weight is 315 g/mol. The van der Waals surface area contributed by atoms with Gasteiger partial charge in [0.05, 0.1) is 5.69 Å². The second-order valence-electron chi connectivity index (χ2n) is 6.32. The van der Waals surface area contributed by atoms with Crippen molar-refractivity contribution in [2.45, 2.75) is 39.2 Å². The molecule has 0 spiro atoms. The van der Waals surface area contributed by atoms with Gasteiger partial charge in [-0.3, -0.25) is 0 Å². The lowest BCUT2D eigenvalue weighted by Crippen LogP contribution is -2.44.